The van der Waals surface area contributed by atoms with Crippen LogP contribution < -0.4 is 0 Å². The lowest BCUT2D eigenvalue weighted by Crippen LogP contribution is -1.98. The van der Waals surface area contributed by atoms with E-state index in [2.05, 4.69) is 80.4 Å². The first kappa shape index (κ1) is 26.5. The predicted molar refractivity (Wildman–Crippen MR) is 141 cm³/mol. The maximum absolute atomic E-state index is 10.1. The standard InChI is InChI=1S/C13H11BrO.C13H11Br.C2H4O2/c14-12-8-6-11(7-9-12)13(15)10-4-2-1-3-5-10;14-13-8-6-12(7-9-13)10-11-4-2-1-3-5-11;1-2(3)4/h1-9,13,15H;1-9H,10H2;1H3,(H,3,4). The molecule has 0 aromatic heterocycles. The second-order valence-corrected chi connectivity index (χ2v) is 9.00. The molecular weight excluding hydrogens is 544 g/mol. The smallest absolute Gasteiger partial charge is 0.300 e. The first-order valence-corrected chi connectivity index (χ1v) is 11.9. The van der Waals surface area contributed by atoms with E-state index in [0.717, 1.165) is 33.4 Å². The third-order valence-corrected chi connectivity index (χ3v) is 5.52. The largest absolute Gasteiger partial charge is 0.481 e. The number of carbonyl (C=O) groups is 1. The molecule has 5 heteroatoms. The van der Waals surface area contributed by atoms with Gasteiger partial charge in [-0.2, -0.15) is 0 Å². The summed E-state index contributed by atoms with van der Waals surface area (Å²) in [6.45, 7) is 1.08. The van der Waals surface area contributed by atoms with Gasteiger partial charge in [-0.1, -0.05) is 117 Å². The van der Waals surface area contributed by atoms with Crippen molar-refractivity contribution in [2.75, 3.05) is 0 Å². The van der Waals surface area contributed by atoms with E-state index in [9.17, 15) is 5.11 Å². The Morgan fingerprint density at radius 3 is 1.52 bits per heavy atom. The van der Waals surface area contributed by atoms with Gasteiger partial charge >= 0.3 is 0 Å². The van der Waals surface area contributed by atoms with Crippen LogP contribution in [0, 0.1) is 0 Å². The highest BCUT2D eigenvalue weighted by atomic mass is 79.9. The molecule has 4 aromatic carbocycles. The van der Waals surface area contributed by atoms with E-state index in [0.29, 0.717) is 0 Å². The molecule has 0 aliphatic rings. The summed E-state index contributed by atoms with van der Waals surface area (Å²) in [4.78, 5) is 9.00. The number of aliphatic carboxylic acids is 1. The van der Waals surface area contributed by atoms with Crippen molar-refractivity contribution in [1.82, 2.24) is 0 Å². The maximum Gasteiger partial charge on any atom is 0.300 e. The number of rotatable bonds is 4. The van der Waals surface area contributed by atoms with Crippen LogP contribution >= 0.6 is 31.9 Å². The monoisotopic (exact) mass is 568 g/mol. The molecule has 0 saturated carbocycles. The van der Waals surface area contributed by atoms with E-state index in [-0.39, 0.29) is 0 Å². The van der Waals surface area contributed by atoms with Crippen molar-refractivity contribution in [2.45, 2.75) is 19.4 Å². The number of aliphatic hydroxyl groups excluding tert-OH is 1. The molecule has 4 aromatic rings. The van der Waals surface area contributed by atoms with Crippen LogP contribution in [0.1, 0.15) is 35.3 Å². The molecule has 1 unspecified atom stereocenters. The summed E-state index contributed by atoms with van der Waals surface area (Å²) in [5.41, 5.74) is 4.53. The molecular formula is C28H26Br2O3. The quantitative estimate of drug-likeness (QED) is 0.265. The number of hydrogen-bond donors (Lipinski definition) is 2. The topological polar surface area (TPSA) is 57.5 Å². The van der Waals surface area contributed by atoms with E-state index in [1.54, 1.807) is 0 Å². The molecule has 0 heterocycles. The maximum atomic E-state index is 10.1. The third kappa shape index (κ3) is 10.6. The van der Waals surface area contributed by atoms with Crippen LogP contribution in [-0.2, 0) is 11.2 Å². The molecule has 0 aliphatic heterocycles. The molecule has 1 atom stereocenters. The van der Waals surface area contributed by atoms with Gasteiger partial charge in [0.05, 0.1) is 0 Å². The van der Waals surface area contributed by atoms with Crippen molar-refractivity contribution in [2.24, 2.45) is 0 Å². The number of benzene rings is 4. The highest BCUT2D eigenvalue weighted by Gasteiger charge is 2.08. The molecule has 0 bridgehead atoms. The molecule has 0 spiro atoms. The summed E-state index contributed by atoms with van der Waals surface area (Å²) < 4.78 is 2.15. The van der Waals surface area contributed by atoms with Gasteiger partial charge in [0.15, 0.2) is 0 Å². The van der Waals surface area contributed by atoms with Crippen molar-refractivity contribution in [3.05, 3.63) is 140 Å². The van der Waals surface area contributed by atoms with Crippen LogP contribution in [0.15, 0.2) is 118 Å². The van der Waals surface area contributed by atoms with E-state index in [1.807, 2.05) is 60.7 Å². The Morgan fingerprint density at radius 2 is 1.03 bits per heavy atom. The van der Waals surface area contributed by atoms with Crippen molar-refractivity contribution in [3.63, 3.8) is 0 Å². The molecule has 0 amide bonds. The molecule has 3 nitrogen and oxygen atoms in total. The van der Waals surface area contributed by atoms with Gasteiger partial charge in [0.2, 0.25) is 0 Å². The Bertz CT molecular complexity index is 1080. The number of hydrogen-bond acceptors (Lipinski definition) is 2. The molecule has 0 saturated heterocycles. The van der Waals surface area contributed by atoms with Crippen LogP contribution in [-0.4, -0.2) is 16.2 Å². The van der Waals surface area contributed by atoms with Gasteiger partial charge in [0, 0.05) is 15.9 Å². The van der Waals surface area contributed by atoms with Gasteiger partial charge in [-0.25, -0.2) is 0 Å². The summed E-state index contributed by atoms with van der Waals surface area (Å²) in [6, 6.07) is 36.3. The first-order chi connectivity index (χ1) is 15.8. The van der Waals surface area contributed by atoms with Crippen LogP contribution in [0.3, 0.4) is 0 Å². The zero-order chi connectivity index (χ0) is 24.1. The SMILES string of the molecule is Brc1ccc(Cc2ccccc2)cc1.CC(=O)O.OC(c1ccccc1)c1ccc(Br)cc1. The minimum absolute atomic E-state index is 0.542. The minimum Gasteiger partial charge on any atom is -0.481 e. The molecule has 0 fully saturated rings. The van der Waals surface area contributed by atoms with Gasteiger partial charge in [0.25, 0.3) is 5.97 Å². The molecule has 2 N–H and O–H groups in total. The van der Waals surface area contributed by atoms with E-state index in [4.69, 9.17) is 9.90 Å². The number of aliphatic hydroxyl groups is 1. The van der Waals surface area contributed by atoms with Gasteiger partial charge in [-0.05, 0) is 52.9 Å². The Hall–Kier alpha value is -2.73. The lowest BCUT2D eigenvalue weighted by molar-refractivity contribution is -0.134. The van der Waals surface area contributed by atoms with E-state index >= 15 is 0 Å². The fourth-order valence-electron chi connectivity index (χ4n) is 2.91. The lowest BCUT2D eigenvalue weighted by atomic mass is 10.0. The van der Waals surface area contributed by atoms with Crippen molar-refractivity contribution >= 4 is 37.8 Å². The highest BCUT2D eigenvalue weighted by Crippen LogP contribution is 2.23. The summed E-state index contributed by atoms with van der Waals surface area (Å²) in [5.74, 6) is -0.833. The number of carboxylic acid groups (broad SMARTS) is 1. The van der Waals surface area contributed by atoms with Crippen molar-refractivity contribution in [3.8, 4) is 0 Å². The van der Waals surface area contributed by atoms with Crippen molar-refractivity contribution in [1.29, 1.82) is 0 Å². The van der Waals surface area contributed by atoms with E-state index in [1.165, 1.54) is 11.1 Å². The molecule has 0 aliphatic carbocycles. The summed E-state index contributed by atoms with van der Waals surface area (Å²) in [6.07, 6.45) is 0.466. The Morgan fingerprint density at radius 1 is 0.667 bits per heavy atom. The average Bonchev–Trinajstić information content (AvgIpc) is 2.82. The molecule has 0 radical (unpaired) electrons. The highest BCUT2D eigenvalue weighted by molar-refractivity contribution is 9.10. The Balaban J connectivity index is 0.000000202. The normalized spacial score (nSPS) is 10.7. The average molecular weight is 570 g/mol. The summed E-state index contributed by atoms with van der Waals surface area (Å²) in [5, 5.41) is 17.5. The molecule has 170 valence electrons. The van der Waals surface area contributed by atoms with Gasteiger partial charge < -0.3 is 10.2 Å². The van der Waals surface area contributed by atoms with E-state index < -0.39 is 12.1 Å². The second kappa shape index (κ2) is 14.4. The zero-order valence-corrected chi connectivity index (χ0v) is 21.4. The molecule has 33 heavy (non-hydrogen) atoms. The fraction of sp³-hybridized carbons (Fsp3) is 0.107. The van der Waals surface area contributed by atoms with Gasteiger partial charge in [-0.15, -0.1) is 0 Å². The lowest BCUT2D eigenvalue weighted by Gasteiger charge is -2.11. The van der Waals surface area contributed by atoms with Crippen LogP contribution in [0.2, 0.25) is 0 Å². The van der Waals surface area contributed by atoms with Crippen LogP contribution in [0.5, 0.6) is 0 Å². The fourth-order valence-corrected chi connectivity index (χ4v) is 3.44. The summed E-state index contributed by atoms with van der Waals surface area (Å²) in [7, 11) is 0. The minimum atomic E-state index is -0.833. The Labute approximate surface area is 212 Å². The van der Waals surface area contributed by atoms with Crippen molar-refractivity contribution < 1.29 is 15.0 Å². The summed E-state index contributed by atoms with van der Waals surface area (Å²) >= 11 is 6.80. The predicted octanol–water partition coefficient (Wildman–Crippen LogP) is 7.66. The Kier molecular flexibility index (Phi) is 11.6. The number of carboxylic acids is 1. The third-order valence-electron chi connectivity index (χ3n) is 4.47. The molecule has 4 rings (SSSR count). The number of halogens is 2. The first-order valence-electron chi connectivity index (χ1n) is 10.3. The second-order valence-electron chi connectivity index (χ2n) is 7.17. The zero-order valence-electron chi connectivity index (χ0n) is 18.2. The van der Waals surface area contributed by atoms with Crippen LogP contribution in [0.25, 0.3) is 0 Å². The van der Waals surface area contributed by atoms with Gasteiger partial charge in [-0.3, -0.25) is 4.79 Å². The van der Waals surface area contributed by atoms with Gasteiger partial charge in [0.1, 0.15) is 6.10 Å². The van der Waals surface area contributed by atoms with Crippen LogP contribution in [0.4, 0.5) is 0 Å².